The molecular weight excluding hydrogens is 295 g/mol. The van der Waals surface area contributed by atoms with Crippen LogP contribution in [0, 0.1) is 0 Å². The number of carbonyl (C=O) groups is 1. The Morgan fingerprint density at radius 2 is 2.43 bits per heavy atom. The number of ether oxygens (including phenoxy) is 2. The molecule has 1 aliphatic rings. The highest BCUT2D eigenvalue weighted by Gasteiger charge is 2.23. The lowest BCUT2D eigenvalue weighted by Gasteiger charge is -2.08. The molecule has 1 rings (SSSR count). The Labute approximate surface area is 98.0 Å². The van der Waals surface area contributed by atoms with E-state index in [9.17, 15) is 4.79 Å². The van der Waals surface area contributed by atoms with Crippen LogP contribution in [0.2, 0.25) is 0 Å². The molecule has 0 N–H and O–H groups in total. The van der Waals surface area contributed by atoms with E-state index in [1.165, 1.54) is 0 Å². The number of halogens is 1. The molecule has 80 valence electrons. The zero-order valence-corrected chi connectivity index (χ0v) is 10.7. The lowest BCUT2D eigenvalue weighted by molar-refractivity contribution is -0.138. The summed E-state index contributed by atoms with van der Waals surface area (Å²) in [4.78, 5) is 11.4. The van der Waals surface area contributed by atoms with Crippen molar-refractivity contribution < 1.29 is 14.3 Å². The van der Waals surface area contributed by atoms with Gasteiger partial charge in [-0.2, -0.15) is 0 Å². The minimum Gasteiger partial charge on any atom is -0.493 e. The molecule has 0 saturated carbocycles. The summed E-state index contributed by atoms with van der Waals surface area (Å²) in [5.41, 5.74) is 0.624. The van der Waals surface area contributed by atoms with E-state index in [0.29, 0.717) is 12.2 Å². The lowest BCUT2D eigenvalue weighted by atomic mass is 10.2. The third kappa shape index (κ3) is 2.87. The quantitative estimate of drug-likeness (QED) is 0.348. The molecule has 1 fully saturated rings. The minimum absolute atomic E-state index is 0.253. The molecule has 0 amide bonds. The van der Waals surface area contributed by atoms with Crippen LogP contribution in [0.4, 0.5) is 0 Å². The second kappa shape index (κ2) is 5.58. The summed E-state index contributed by atoms with van der Waals surface area (Å²) in [6.45, 7) is 3.99. The van der Waals surface area contributed by atoms with Crippen LogP contribution < -0.4 is 0 Å². The maximum atomic E-state index is 11.4. The van der Waals surface area contributed by atoms with Crippen molar-refractivity contribution in [2.75, 3.05) is 11.0 Å². The number of allylic oxidation sites excluding steroid dienone is 1. The first-order valence-corrected chi connectivity index (χ1v) is 6.31. The van der Waals surface area contributed by atoms with Crippen molar-refractivity contribution in [3.63, 3.8) is 0 Å². The maximum Gasteiger partial charge on any atom is 0.337 e. The van der Waals surface area contributed by atoms with Gasteiger partial charge in [0, 0.05) is 10.8 Å². The van der Waals surface area contributed by atoms with Gasteiger partial charge in [0.15, 0.2) is 0 Å². The molecule has 0 radical (unpaired) electrons. The average Bonchev–Trinajstić information content (AvgIpc) is 2.65. The van der Waals surface area contributed by atoms with Gasteiger partial charge in [-0.05, 0) is 20.3 Å². The van der Waals surface area contributed by atoms with Crippen molar-refractivity contribution >= 4 is 28.6 Å². The van der Waals surface area contributed by atoms with E-state index in [4.69, 9.17) is 9.47 Å². The highest BCUT2D eigenvalue weighted by Crippen LogP contribution is 2.27. The fourth-order valence-corrected chi connectivity index (χ4v) is 1.97. The number of alkyl halides is 1. The molecule has 4 heteroatoms. The molecule has 1 aliphatic heterocycles. The molecule has 0 aromatic rings. The molecule has 0 aromatic carbocycles. The van der Waals surface area contributed by atoms with Crippen molar-refractivity contribution in [1.29, 1.82) is 0 Å². The van der Waals surface area contributed by atoms with Gasteiger partial charge in [0.2, 0.25) is 0 Å². The zero-order valence-electron chi connectivity index (χ0n) is 8.51. The highest BCUT2D eigenvalue weighted by atomic mass is 127. The van der Waals surface area contributed by atoms with E-state index in [-0.39, 0.29) is 12.1 Å². The van der Waals surface area contributed by atoms with E-state index in [1.807, 2.05) is 0 Å². The Morgan fingerprint density at radius 1 is 1.71 bits per heavy atom. The van der Waals surface area contributed by atoms with E-state index < -0.39 is 0 Å². The monoisotopic (exact) mass is 310 g/mol. The fourth-order valence-electron chi connectivity index (χ4n) is 1.35. The van der Waals surface area contributed by atoms with Crippen molar-refractivity contribution in [3.8, 4) is 0 Å². The molecule has 3 nitrogen and oxygen atoms in total. The van der Waals surface area contributed by atoms with Crippen LogP contribution >= 0.6 is 22.6 Å². The molecule has 1 unspecified atom stereocenters. The van der Waals surface area contributed by atoms with Crippen LogP contribution in [-0.2, 0) is 14.3 Å². The largest absolute Gasteiger partial charge is 0.493 e. The first kappa shape index (κ1) is 11.8. The summed E-state index contributed by atoms with van der Waals surface area (Å²) < 4.78 is 11.5. The Balaban J connectivity index is 2.61. The number of esters is 1. The van der Waals surface area contributed by atoms with Gasteiger partial charge in [0.05, 0.1) is 12.2 Å². The predicted molar refractivity (Wildman–Crippen MR) is 62.3 cm³/mol. The number of carbonyl (C=O) groups excluding carboxylic acids is 1. The van der Waals surface area contributed by atoms with Crippen molar-refractivity contribution in [3.05, 3.63) is 11.3 Å². The van der Waals surface area contributed by atoms with Gasteiger partial charge in [0.1, 0.15) is 11.9 Å². The predicted octanol–water partition coefficient (Wildman–Crippen LogP) is 2.44. The second-order valence-electron chi connectivity index (χ2n) is 3.20. The van der Waals surface area contributed by atoms with Crippen molar-refractivity contribution in [2.45, 2.75) is 32.8 Å². The van der Waals surface area contributed by atoms with Gasteiger partial charge in [-0.1, -0.05) is 22.6 Å². The second-order valence-corrected chi connectivity index (χ2v) is 4.08. The molecule has 0 bridgehead atoms. The van der Waals surface area contributed by atoms with E-state index >= 15 is 0 Å². The van der Waals surface area contributed by atoms with Gasteiger partial charge in [-0.25, -0.2) is 4.79 Å². The molecule has 14 heavy (non-hydrogen) atoms. The van der Waals surface area contributed by atoms with Crippen LogP contribution in [-0.4, -0.2) is 23.1 Å². The van der Waals surface area contributed by atoms with Crippen LogP contribution in [0.1, 0.15) is 26.7 Å². The Bertz CT molecular complexity index is 248. The molecule has 1 heterocycles. The summed E-state index contributed by atoms with van der Waals surface area (Å²) in [5, 5.41) is 0. The molecule has 0 aliphatic carbocycles. The van der Waals surface area contributed by atoms with Crippen molar-refractivity contribution in [2.24, 2.45) is 0 Å². The summed E-state index contributed by atoms with van der Waals surface area (Å²) in [6, 6.07) is 0. The van der Waals surface area contributed by atoms with Gasteiger partial charge >= 0.3 is 5.97 Å². The maximum absolute atomic E-state index is 11.4. The van der Waals surface area contributed by atoms with Crippen LogP contribution in [0.15, 0.2) is 11.3 Å². The number of hydrogen-bond acceptors (Lipinski definition) is 3. The highest BCUT2D eigenvalue weighted by molar-refractivity contribution is 14.1. The molecule has 1 atom stereocenters. The summed E-state index contributed by atoms with van der Waals surface area (Å²) in [7, 11) is 0. The van der Waals surface area contributed by atoms with E-state index in [0.717, 1.165) is 23.0 Å². The summed E-state index contributed by atoms with van der Waals surface area (Å²) in [5.74, 6) is 0.557. The Kier molecular flexibility index (Phi) is 4.71. The molecule has 1 saturated heterocycles. The van der Waals surface area contributed by atoms with Crippen molar-refractivity contribution in [1.82, 2.24) is 0 Å². The van der Waals surface area contributed by atoms with E-state index in [2.05, 4.69) is 22.6 Å². The minimum atomic E-state index is -0.253. The van der Waals surface area contributed by atoms with Crippen LogP contribution in [0.3, 0.4) is 0 Å². The normalized spacial score (nSPS) is 24.4. The zero-order chi connectivity index (χ0) is 10.6. The number of rotatable bonds is 3. The topological polar surface area (TPSA) is 35.5 Å². The first-order valence-electron chi connectivity index (χ1n) is 4.78. The molecule has 0 aromatic heterocycles. The first-order chi connectivity index (χ1) is 6.69. The van der Waals surface area contributed by atoms with E-state index in [1.54, 1.807) is 13.8 Å². The average molecular weight is 310 g/mol. The van der Waals surface area contributed by atoms with Crippen LogP contribution in [0.25, 0.3) is 0 Å². The lowest BCUT2D eigenvalue weighted by Crippen LogP contribution is -2.09. The smallest absolute Gasteiger partial charge is 0.337 e. The molecular formula is C10H15IO3. The third-order valence-corrected chi connectivity index (χ3v) is 3.16. The number of hydrogen-bond donors (Lipinski definition) is 0. The fraction of sp³-hybridized carbons (Fsp3) is 0.700. The van der Waals surface area contributed by atoms with Crippen LogP contribution in [0.5, 0.6) is 0 Å². The van der Waals surface area contributed by atoms with Gasteiger partial charge < -0.3 is 9.47 Å². The third-order valence-electron chi connectivity index (χ3n) is 2.17. The SMILES string of the molecule is CCOC(=O)/C(C)=C1/CCC(CI)O1. The van der Waals surface area contributed by atoms with Gasteiger partial charge in [-0.15, -0.1) is 0 Å². The molecule has 0 spiro atoms. The summed E-state index contributed by atoms with van der Waals surface area (Å²) >= 11 is 2.29. The standard InChI is InChI=1S/C10H15IO3/c1-3-13-10(12)7(2)9-5-4-8(6-11)14-9/h8H,3-6H2,1-2H3/b9-7-. The Morgan fingerprint density at radius 3 is 2.93 bits per heavy atom. The van der Waals surface area contributed by atoms with Gasteiger partial charge in [-0.3, -0.25) is 0 Å². The van der Waals surface area contributed by atoms with Gasteiger partial charge in [0.25, 0.3) is 0 Å². The summed E-state index contributed by atoms with van der Waals surface area (Å²) in [6.07, 6.45) is 2.14. The Hall–Kier alpha value is -0.260.